The molecule has 1 atom stereocenters. The summed E-state index contributed by atoms with van der Waals surface area (Å²) in [5, 5.41) is 9.94. The first-order valence-electron chi connectivity index (χ1n) is 7.04. The van der Waals surface area contributed by atoms with Crippen LogP contribution in [0.1, 0.15) is 40.0 Å². The van der Waals surface area contributed by atoms with E-state index in [1.807, 2.05) is 51.1 Å². The summed E-state index contributed by atoms with van der Waals surface area (Å²) in [7, 11) is 1.77. The Kier molecular flexibility index (Phi) is 4.32. The van der Waals surface area contributed by atoms with E-state index in [-0.39, 0.29) is 17.7 Å². The summed E-state index contributed by atoms with van der Waals surface area (Å²) < 4.78 is 0. The van der Waals surface area contributed by atoms with Crippen molar-refractivity contribution < 1.29 is 9.90 Å². The Morgan fingerprint density at radius 3 is 2.48 bits per heavy atom. The van der Waals surface area contributed by atoms with Crippen LogP contribution in [0.15, 0.2) is 42.5 Å². The maximum absolute atomic E-state index is 12.7. The number of aromatic hydroxyl groups is 1. The summed E-state index contributed by atoms with van der Waals surface area (Å²) in [5.41, 5.74) is 3.48. The van der Waals surface area contributed by atoms with Crippen LogP contribution in [0.2, 0.25) is 0 Å². The van der Waals surface area contributed by atoms with Gasteiger partial charge < -0.3 is 10.0 Å². The van der Waals surface area contributed by atoms with Gasteiger partial charge in [0.15, 0.2) is 0 Å². The molecule has 0 aromatic heterocycles. The van der Waals surface area contributed by atoms with E-state index in [1.54, 1.807) is 24.1 Å². The normalized spacial score (nSPS) is 12.0. The van der Waals surface area contributed by atoms with Crippen LogP contribution in [0.25, 0.3) is 0 Å². The maximum atomic E-state index is 12.7. The topological polar surface area (TPSA) is 40.5 Å². The Balaban J connectivity index is 2.31. The molecule has 3 nitrogen and oxygen atoms in total. The average Bonchev–Trinajstić information content (AvgIpc) is 2.48. The molecule has 0 aliphatic heterocycles. The summed E-state index contributed by atoms with van der Waals surface area (Å²) >= 11 is 0. The number of benzene rings is 2. The summed E-state index contributed by atoms with van der Waals surface area (Å²) in [6.07, 6.45) is 0. The molecule has 2 rings (SSSR count). The fourth-order valence-electron chi connectivity index (χ4n) is 2.38. The smallest absolute Gasteiger partial charge is 0.254 e. The minimum atomic E-state index is -0.196. The summed E-state index contributed by atoms with van der Waals surface area (Å²) in [6, 6.07) is 12.8. The first-order chi connectivity index (χ1) is 9.91. The van der Waals surface area contributed by atoms with Crippen molar-refractivity contribution in [3.05, 3.63) is 64.7 Å². The van der Waals surface area contributed by atoms with Crippen LogP contribution in [0.4, 0.5) is 0 Å². The van der Waals surface area contributed by atoms with Crippen LogP contribution in [0.5, 0.6) is 5.75 Å². The first-order valence-corrected chi connectivity index (χ1v) is 7.04. The molecule has 2 aromatic rings. The van der Waals surface area contributed by atoms with Crippen molar-refractivity contribution in [2.45, 2.75) is 26.8 Å². The Bertz CT molecular complexity index is 664. The predicted molar refractivity (Wildman–Crippen MR) is 84.5 cm³/mol. The van der Waals surface area contributed by atoms with Gasteiger partial charge in [0, 0.05) is 18.2 Å². The molecular weight excluding hydrogens is 262 g/mol. The number of phenolic OH excluding ortho intramolecular Hbond substituents is 1. The maximum Gasteiger partial charge on any atom is 0.254 e. The highest BCUT2D eigenvalue weighted by Crippen LogP contribution is 2.28. The Hall–Kier alpha value is -2.29. The van der Waals surface area contributed by atoms with Crippen LogP contribution in [0, 0.1) is 13.8 Å². The monoisotopic (exact) mass is 283 g/mol. The number of carbonyl (C=O) groups excluding carboxylic acids is 1. The van der Waals surface area contributed by atoms with Gasteiger partial charge in [-0.2, -0.15) is 0 Å². The highest BCUT2D eigenvalue weighted by molar-refractivity contribution is 5.96. The van der Waals surface area contributed by atoms with Crippen molar-refractivity contribution in [3.8, 4) is 5.75 Å². The lowest BCUT2D eigenvalue weighted by molar-refractivity contribution is 0.0740. The molecule has 1 unspecified atom stereocenters. The fourth-order valence-corrected chi connectivity index (χ4v) is 2.38. The number of para-hydroxylation sites is 1. The number of nitrogens with zero attached hydrogens (tertiary/aromatic N) is 1. The molecular formula is C18H21NO2. The van der Waals surface area contributed by atoms with Gasteiger partial charge in [-0.05, 0) is 38.5 Å². The van der Waals surface area contributed by atoms with Crippen molar-refractivity contribution in [3.63, 3.8) is 0 Å². The van der Waals surface area contributed by atoms with E-state index < -0.39 is 0 Å². The van der Waals surface area contributed by atoms with Gasteiger partial charge >= 0.3 is 0 Å². The zero-order valence-corrected chi connectivity index (χ0v) is 12.9. The molecule has 1 amide bonds. The van der Waals surface area contributed by atoms with Crippen LogP contribution in [-0.4, -0.2) is 23.0 Å². The third kappa shape index (κ3) is 3.07. The van der Waals surface area contributed by atoms with Crippen molar-refractivity contribution in [2.75, 3.05) is 7.05 Å². The highest BCUT2D eigenvalue weighted by Gasteiger charge is 2.22. The van der Waals surface area contributed by atoms with E-state index in [0.29, 0.717) is 5.56 Å². The lowest BCUT2D eigenvalue weighted by atomic mass is 10.0. The van der Waals surface area contributed by atoms with Gasteiger partial charge in [0.2, 0.25) is 0 Å². The van der Waals surface area contributed by atoms with Crippen LogP contribution in [-0.2, 0) is 0 Å². The Labute approximate surface area is 125 Å². The zero-order chi connectivity index (χ0) is 15.6. The molecule has 0 fully saturated rings. The lowest BCUT2D eigenvalue weighted by Gasteiger charge is -2.26. The van der Waals surface area contributed by atoms with Gasteiger partial charge in [-0.15, -0.1) is 0 Å². The minimum absolute atomic E-state index is 0.0352. The number of carbonyl (C=O) groups is 1. The van der Waals surface area contributed by atoms with Crippen LogP contribution < -0.4 is 0 Å². The third-order valence-electron chi connectivity index (χ3n) is 3.91. The second kappa shape index (κ2) is 6.00. The number of phenols is 1. The van der Waals surface area contributed by atoms with E-state index in [4.69, 9.17) is 0 Å². The Morgan fingerprint density at radius 1 is 1.14 bits per heavy atom. The number of hydrogen-bond acceptors (Lipinski definition) is 2. The van der Waals surface area contributed by atoms with E-state index in [9.17, 15) is 9.90 Å². The molecule has 0 radical (unpaired) electrons. The molecule has 2 aromatic carbocycles. The number of aryl methyl sites for hydroxylation is 2. The third-order valence-corrected chi connectivity index (χ3v) is 3.91. The number of rotatable bonds is 3. The Morgan fingerprint density at radius 2 is 1.81 bits per heavy atom. The van der Waals surface area contributed by atoms with Crippen LogP contribution >= 0.6 is 0 Å². The second-order valence-corrected chi connectivity index (χ2v) is 5.47. The van der Waals surface area contributed by atoms with E-state index in [0.717, 1.165) is 16.7 Å². The lowest BCUT2D eigenvalue weighted by Crippen LogP contribution is -2.30. The standard InChI is InChI=1S/C18H21NO2/c1-12-9-10-13(2)16(11-12)18(21)19(4)14(3)15-7-5-6-8-17(15)20/h5-11,14,20H,1-4H3. The van der Waals surface area contributed by atoms with Crippen molar-refractivity contribution in [2.24, 2.45) is 0 Å². The molecule has 0 aliphatic carbocycles. The molecule has 0 aliphatic rings. The van der Waals surface area contributed by atoms with Gasteiger partial charge in [-0.25, -0.2) is 0 Å². The number of amides is 1. The summed E-state index contributed by atoms with van der Waals surface area (Å²) in [4.78, 5) is 14.4. The van der Waals surface area contributed by atoms with Crippen LogP contribution in [0.3, 0.4) is 0 Å². The molecule has 0 saturated heterocycles. The van der Waals surface area contributed by atoms with Gasteiger partial charge in [0.25, 0.3) is 5.91 Å². The van der Waals surface area contributed by atoms with Crippen molar-refractivity contribution in [1.29, 1.82) is 0 Å². The van der Waals surface area contributed by atoms with Gasteiger partial charge in [0.1, 0.15) is 5.75 Å². The molecule has 0 spiro atoms. The van der Waals surface area contributed by atoms with Gasteiger partial charge in [0.05, 0.1) is 6.04 Å². The quantitative estimate of drug-likeness (QED) is 0.929. The molecule has 0 saturated carbocycles. The predicted octanol–water partition coefficient (Wildman–Crippen LogP) is 3.84. The van der Waals surface area contributed by atoms with Gasteiger partial charge in [-0.3, -0.25) is 4.79 Å². The summed E-state index contributed by atoms with van der Waals surface area (Å²) in [5.74, 6) is 0.178. The molecule has 21 heavy (non-hydrogen) atoms. The molecule has 0 heterocycles. The van der Waals surface area contributed by atoms with Gasteiger partial charge in [-0.1, -0.05) is 35.9 Å². The highest BCUT2D eigenvalue weighted by atomic mass is 16.3. The molecule has 3 heteroatoms. The summed E-state index contributed by atoms with van der Waals surface area (Å²) in [6.45, 7) is 5.83. The van der Waals surface area contributed by atoms with Crippen molar-refractivity contribution >= 4 is 5.91 Å². The molecule has 1 N–H and O–H groups in total. The average molecular weight is 283 g/mol. The zero-order valence-electron chi connectivity index (χ0n) is 12.9. The number of hydrogen-bond donors (Lipinski definition) is 1. The largest absolute Gasteiger partial charge is 0.508 e. The molecule has 110 valence electrons. The second-order valence-electron chi connectivity index (χ2n) is 5.47. The SMILES string of the molecule is Cc1ccc(C)c(C(=O)N(C)C(C)c2ccccc2O)c1. The van der Waals surface area contributed by atoms with E-state index in [2.05, 4.69) is 0 Å². The first kappa shape index (κ1) is 15.1. The van der Waals surface area contributed by atoms with E-state index >= 15 is 0 Å². The molecule has 0 bridgehead atoms. The fraction of sp³-hybridized carbons (Fsp3) is 0.278. The minimum Gasteiger partial charge on any atom is -0.508 e. The van der Waals surface area contributed by atoms with E-state index in [1.165, 1.54) is 0 Å². The van der Waals surface area contributed by atoms with Crippen molar-refractivity contribution in [1.82, 2.24) is 4.90 Å².